The molecule has 6 rings (SSSR count). The number of hydrogen-bond donors (Lipinski definition) is 1. The molecule has 1 fully saturated rings. The second-order valence-corrected chi connectivity index (χ2v) is 12.5. The molecule has 0 aliphatic carbocycles. The molecule has 1 spiro atoms. The van der Waals surface area contributed by atoms with Crippen LogP contribution < -0.4 is 10.2 Å². The van der Waals surface area contributed by atoms with Gasteiger partial charge in [0.05, 0.1) is 18.5 Å². The van der Waals surface area contributed by atoms with Gasteiger partial charge in [-0.1, -0.05) is 48.5 Å². The van der Waals surface area contributed by atoms with E-state index in [-0.39, 0.29) is 29.6 Å². The second kappa shape index (κ2) is 11.9. The van der Waals surface area contributed by atoms with Crippen LogP contribution in [0.2, 0.25) is 0 Å². The lowest BCUT2D eigenvalue weighted by Gasteiger charge is -2.40. The van der Waals surface area contributed by atoms with E-state index < -0.39 is 11.6 Å². The SMILES string of the molecule is CCOC(=O)c1cnn2c(NCc3ccccc3)c(C(=O)N3CCC4(CC3)CN(C(=O)OC(C)(C)C)c3ccccc34)cnc12. The Morgan fingerprint density at radius 1 is 0.956 bits per heavy atom. The van der Waals surface area contributed by atoms with Gasteiger partial charge in [-0.15, -0.1) is 0 Å². The van der Waals surface area contributed by atoms with Crippen molar-refractivity contribution in [1.82, 2.24) is 19.5 Å². The zero-order valence-corrected chi connectivity index (χ0v) is 26.1. The number of ether oxygens (including phenoxy) is 2. The van der Waals surface area contributed by atoms with Crippen molar-refractivity contribution >= 4 is 35.1 Å². The number of amides is 2. The van der Waals surface area contributed by atoms with Crippen molar-refractivity contribution < 1.29 is 23.9 Å². The first-order chi connectivity index (χ1) is 21.6. The predicted octanol–water partition coefficient (Wildman–Crippen LogP) is 5.45. The van der Waals surface area contributed by atoms with E-state index in [4.69, 9.17) is 9.47 Å². The van der Waals surface area contributed by atoms with Gasteiger partial charge in [-0.2, -0.15) is 9.61 Å². The molecular weight excluding hydrogens is 572 g/mol. The van der Waals surface area contributed by atoms with E-state index in [9.17, 15) is 14.4 Å². The zero-order valence-electron chi connectivity index (χ0n) is 26.1. The van der Waals surface area contributed by atoms with E-state index in [2.05, 4.69) is 21.5 Å². The summed E-state index contributed by atoms with van der Waals surface area (Å²) in [5, 5.41) is 7.80. The summed E-state index contributed by atoms with van der Waals surface area (Å²) in [4.78, 5) is 47.9. The number of esters is 1. The molecule has 0 atom stereocenters. The normalized spacial score (nSPS) is 15.6. The smallest absolute Gasteiger partial charge is 0.414 e. The van der Waals surface area contributed by atoms with Gasteiger partial charge in [0, 0.05) is 37.8 Å². The van der Waals surface area contributed by atoms with E-state index >= 15 is 0 Å². The maximum atomic E-state index is 14.1. The number of nitrogens with zero attached hydrogens (tertiary/aromatic N) is 5. The van der Waals surface area contributed by atoms with Crippen molar-refractivity contribution in [2.45, 2.75) is 58.1 Å². The Labute approximate surface area is 262 Å². The molecule has 11 nitrogen and oxygen atoms in total. The van der Waals surface area contributed by atoms with Crippen LogP contribution >= 0.6 is 0 Å². The summed E-state index contributed by atoms with van der Waals surface area (Å²) in [7, 11) is 0. The molecule has 4 aromatic rings. The van der Waals surface area contributed by atoms with Crippen LogP contribution in [0.4, 0.5) is 16.3 Å². The second-order valence-electron chi connectivity index (χ2n) is 12.5. The number of benzene rings is 2. The number of fused-ring (bicyclic) bond motifs is 3. The molecule has 45 heavy (non-hydrogen) atoms. The van der Waals surface area contributed by atoms with Crippen molar-refractivity contribution in [3.8, 4) is 0 Å². The summed E-state index contributed by atoms with van der Waals surface area (Å²) < 4.78 is 12.4. The van der Waals surface area contributed by atoms with Crippen LogP contribution in [-0.4, -0.2) is 69.3 Å². The van der Waals surface area contributed by atoms with Crippen LogP contribution in [0.25, 0.3) is 5.65 Å². The third-order valence-electron chi connectivity index (χ3n) is 8.40. The molecule has 2 amide bonds. The number of hydrogen-bond acceptors (Lipinski definition) is 8. The Balaban J connectivity index is 1.26. The summed E-state index contributed by atoms with van der Waals surface area (Å²) in [6, 6.07) is 17.8. The van der Waals surface area contributed by atoms with Crippen LogP contribution in [0.3, 0.4) is 0 Å². The van der Waals surface area contributed by atoms with Gasteiger partial charge < -0.3 is 19.7 Å². The van der Waals surface area contributed by atoms with E-state index in [0.717, 1.165) is 16.8 Å². The average molecular weight is 611 g/mol. The van der Waals surface area contributed by atoms with Crippen molar-refractivity contribution in [2.75, 3.05) is 36.5 Å². The Bertz CT molecular complexity index is 1740. The number of likely N-dealkylation sites (tertiary alicyclic amines) is 1. The largest absolute Gasteiger partial charge is 0.462 e. The summed E-state index contributed by atoms with van der Waals surface area (Å²) in [5.74, 6) is -0.253. The molecule has 4 heterocycles. The number of nitrogens with one attached hydrogen (secondary N) is 1. The lowest BCUT2D eigenvalue weighted by molar-refractivity contribution is 0.0526. The van der Waals surface area contributed by atoms with Gasteiger partial charge in [-0.05, 0) is 57.7 Å². The third kappa shape index (κ3) is 5.82. The maximum Gasteiger partial charge on any atom is 0.414 e. The lowest BCUT2D eigenvalue weighted by Crippen LogP contribution is -2.48. The molecule has 2 aromatic heterocycles. The fourth-order valence-corrected chi connectivity index (χ4v) is 6.24. The number of para-hydroxylation sites is 1. The highest BCUT2D eigenvalue weighted by atomic mass is 16.6. The first-order valence-corrected chi connectivity index (χ1v) is 15.3. The fraction of sp³-hybridized carbons (Fsp3) is 0.382. The highest BCUT2D eigenvalue weighted by Crippen LogP contribution is 2.47. The van der Waals surface area contributed by atoms with Gasteiger partial charge >= 0.3 is 12.1 Å². The van der Waals surface area contributed by atoms with Gasteiger partial charge in [0.25, 0.3) is 5.91 Å². The average Bonchev–Trinajstić information content (AvgIpc) is 3.60. The van der Waals surface area contributed by atoms with Crippen molar-refractivity contribution in [3.63, 3.8) is 0 Å². The topological polar surface area (TPSA) is 118 Å². The number of aromatic nitrogens is 3. The van der Waals surface area contributed by atoms with Crippen molar-refractivity contribution in [3.05, 3.63) is 89.2 Å². The lowest BCUT2D eigenvalue weighted by atomic mass is 9.74. The molecule has 2 aliphatic rings. The fourth-order valence-electron chi connectivity index (χ4n) is 6.24. The first kappa shape index (κ1) is 30.1. The quantitative estimate of drug-likeness (QED) is 0.287. The van der Waals surface area contributed by atoms with Crippen LogP contribution in [0.5, 0.6) is 0 Å². The number of anilines is 2. The third-order valence-corrected chi connectivity index (χ3v) is 8.40. The standard InChI is InChI=1S/C34H38N6O5/c1-5-44-31(42)25-21-37-40-28(35-19-23-11-7-6-8-12-23)24(20-36-29(25)40)30(41)38-17-15-34(16-18-38)22-39(32(43)45-33(2,3)4)27-14-10-9-13-26(27)34/h6-14,20-21,35H,5,15-19,22H2,1-4H3. The highest BCUT2D eigenvalue weighted by molar-refractivity contribution is 6.01. The van der Waals surface area contributed by atoms with Gasteiger partial charge in [0.1, 0.15) is 22.5 Å². The number of rotatable bonds is 6. The summed E-state index contributed by atoms with van der Waals surface area (Å²) in [6.45, 7) is 9.50. The van der Waals surface area contributed by atoms with Crippen molar-refractivity contribution in [2.24, 2.45) is 0 Å². The Morgan fingerprint density at radius 2 is 1.67 bits per heavy atom. The van der Waals surface area contributed by atoms with Crippen molar-refractivity contribution in [1.29, 1.82) is 0 Å². The number of carbonyl (C=O) groups excluding carboxylic acids is 3. The van der Waals surface area contributed by atoms with Crippen LogP contribution in [0.1, 0.15) is 72.4 Å². The molecule has 11 heteroatoms. The molecule has 1 saturated heterocycles. The Kier molecular flexibility index (Phi) is 7.94. The maximum absolute atomic E-state index is 14.1. The molecule has 0 unspecified atom stereocenters. The molecule has 0 bridgehead atoms. The molecule has 1 N–H and O–H groups in total. The molecular formula is C34H38N6O5. The Morgan fingerprint density at radius 3 is 2.38 bits per heavy atom. The predicted molar refractivity (Wildman–Crippen MR) is 170 cm³/mol. The highest BCUT2D eigenvalue weighted by Gasteiger charge is 2.48. The molecule has 0 radical (unpaired) electrons. The van der Waals surface area contributed by atoms with Gasteiger partial charge in [-0.3, -0.25) is 9.69 Å². The van der Waals surface area contributed by atoms with Crippen LogP contribution in [-0.2, 0) is 21.4 Å². The summed E-state index contributed by atoms with van der Waals surface area (Å²) in [5.41, 5.74) is 3.00. The molecule has 2 aromatic carbocycles. The van der Waals surface area contributed by atoms with E-state index in [1.165, 1.54) is 16.9 Å². The van der Waals surface area contributed by atoms with E-state index in [0.29, 0.717) is 56.0 Å². The minimum atomic E-state index is -0.607. The monoisotopic (exact) mass is 610 g/mol. The Hall–Kier alpha value is -4.93. The zero-order chi connectivity index (χ0) is 31.8. The first-order valence-electron chi connectivity index (χ1n) is 15.3. The van der Waals surface area contributed by atoms with Gasteiger partial charge in [0.15, 0.2) is 5.65 Å². The minimum absolute atomic E-state index is 0.182. The van der Waals surface area contributed by atoms with Crippen LogP contribution in [0.15, 0.2) is 67.0 Å². The van der Waals surface area contributed by atoms with E-state index in [1.54, 1.807) is 11.8 Å². The minimum Gasteiger partial charge on any atom is -0.462 e. The van der Waals surface area contributed by atoms with Gasteiger partial charge in [-0.25, -0.2) is 14.6 Å². The molecule has 234 valence electrons. The van der Waals surface area contributed by atoms with Crippen LogP contribution in [0, 0.1) is 0 Å². The summed E-state index contributed by atoms with van der Waals surface area (Å²) >= 11 is 0. The van der Waals surface area contributed by atoms with E-state index in [1.807, 2.05) is 74.2 Å². The number of carbonyl (C=O) groups is 3. The van der Waals surface area contributed by atoms with Gasteiger partial charge in [0.2, 0.25) is 0 Å². The molecule has 0 saturated carbocycles. The molecule has 2 aliphatic heterocycles. The summed E-state index contributed by atoms with van der Waals surface area (Å²) in [6.07, 6.45) is 3.94. The number of piperidine rings is 1.